The predicted molar refractivity (Wildman–Crippen MR) is 103 cm³/mol. The summed E-state index contributed by atoms with van der Waals surface area (Å²) in [6.45, 7) is 5.71. The monoisotopic (exact) mass is 379 g/mol. The maximum absolute atomic E-state index is 13.8. The van der Waals surface area contributed by atoms with E-state index in [-0.39, 0.29) is 37.2 Å². The van der Waals surface area contributed by atoms with Crippen molar-refractivity contribution >= 4 is 18.4 Å². The molecule has 26 heavy (non-hydrogen) atoms. The van der Waals surface area contributed by atoms with Crippen molar-refractivity contribution in [1.82, 2.24) is 0 Å². The highest BCUT2D eigenvalue weighted by Gasteiger charge is 2.16. The van der Waals surface area contributed by atoms with Gasteiger partial charge >= 0.3 is 5.97 Å². The van der Waals surface area contributed by atoms with Gasteiger partial charge in [0.15, 0.2) is 0 Å². The van der Waals surface area contributed by atoms with Crippen LogP contribution in [0.15, 0.2) is 49.1 Å². The highest BCUT2D eigenvalue weighted by atomic mass is 35.5. The summed E-state index contributed by atoms with van der Waals surface area (Å²) in [4.78, 5) is 11.4. The summed E-state index contributed by atoms with van der Waals surface area (Å²) in [5, 5.41) is 0. The Morgan fingerprint density at radius 1 is 1.35 bits per heavy atom. The number of aryl methyl sites for hydroxylation is 1. The molecule has 6 heteroatoms. The van der Waals surface area contributed by atoms with Gasteiger partial charge in [0, 0.05) is 17.7 Å². The first-order chi connectivity index (χ1) is 12.0. The summed E-state index contributed by atoms with van der Waals surface area (Å²) in [5.41, 5.74) is 9.26. The third kappa shape index (κ3) is 5.31. The van der Waals surface area contributed by atoms with Gasteiger partial charge in [0.2, 0.25) is 0 Å². The van der Waals surface area contributed by atoms with E-state index in [0.717, 1.165) is 22.3 Å². The van der Waals surface area contributed by atoms with E-state index in [2.05, 4.69) is 11.3 Å². The van der Waals surface area contributed by atoms with Crippen molar-refractivity contribution in [2.75, 3.05) is 13.7 Å². The molecule has 0 aliphatic heterocycles. The SMILES string of the molecule is C=CCOc1cc(F)cc(C)c1-c1cccc([C@@H](N)CC(=O)OC)c1.Cl. The van der Waals surface area contributed by atoms with Crippen molar-refractivity contribution in [2.45, 2.75) is 19.4 Å². The fraction of sp³-hybridized carbons (Fsp3) is 0.250. The van der Waals surface area contributed by atoms with Crippen molar-refractivity contribution in [3.63, 3.8) is 0 Å². The number of halogens is 2. The lowest BCUT2D eigenvalue weighted by molar-refractivity contribution is -0.141. The Kier molecular flexibility index (Phi) is 8.29. The zero-order valence-corrected chi connectivity index (χ0v) is 15.6. The quantitative estimate of drug-likeness (QED) is 0.573. The molecule has 0 bridgehead atoms. The average Bonchev–Trinajstić information content (AvgIpc) is 2.59. The Morgan fingerprint density at radius 3 is 2.73 bits per heavy atom. The zero-order chi connectivity index (χ0) is 18.4. The van der Waals surface area contributed by atoms with Crippen molar-refractivity contribution in [3.8, 4) is 16.9 Å². The number of carbonyl (C=O) groups excluding carboxylic acids is 1. The highest BCUT2D eigenvalue weighted by molar-refractivity contribution is 5.85. The average molecular weight is 380 g/mol. The van der Waals surface area contributed by atoms with E-state index >= 15 is 0 Å². The molecule has 0 aliphatic carbocycles. The predicted octanol–water partition coefficient (Wildman–Crippen LogP) is 4.35. The number of methoxy groups -OCH3 is 1. The van der Waals surface area contributed by atoms with E-state index in [9.17, 15) is 9.18 Å². The standard InChI is InChI=1S/C20H22FNO3.ClH/c1-4-8-25-18-11-16(21)9-13(2)20(18)15-7-5-6-14(10-15)17(22)12-19(23)24-3;/h4-7,9-11,17H,1,8,12,22H2,2-3H3;1H/t17-;/m0./s1. The van der Waals surface area contributed by atoms with Crippen LogP contribution in [-0.2, 0) is 9.53 Å². The summed E-state index contributed by atoms with van der Waals surface area (Å²) in [5.74, 6) is -0.291. The molecule has 4 nitrogen and oxygen atoms in total. The maximum atomic E-state index is 13.8. The third-order valence-corrected chi connectivity index (χ3v) is 3.84. The first-order valence-electron chi connectivity index (χ1n) is 7.92. The first-order valence-corrected chi connectivity index (χ1v) is 7.92. The summed E-state index contributed by atoms with van der Waals surface area (Å²) < 4.78 is 24.0. The fourth-order valence-electron chi connectivity index (χ4n) is 2.65. The van der Waals surface area contributed by atoms with E-state index in [4.69, 9.17) is 10.5 Å². The summed E-state index contributed by atoms with van der Waals surface area (Å²) >= 11 is 0. The van der Waals surface area contributed by atoms with Crippen molar-refractivity contribution in [2.24, 2.45) is 5.73 Å². The van der Waals surface area contributed by atoms with E-state index in [0.29, 0.717) is 5.75 Å². The van der Waals surface area contributed by atoms with Gasteiger partial charge in [0.25, 0.3) is 0 Å². The summed E-state index contributed by atoms with van der Waals surface area (Å²) in [7, 11) is 1.33. The second-order valence-electron chi connectivity index (χ2n) is 5.71. The van der Waals surface area contributed by atoms with Crippen LogP contribution >= 0.6 is 12.4 Å². The van der Waals surface area contributed by atoms with Crippen LogP contribution in [0.4, 0.5) is 4.39 Å². The smallest absolute Gasteiger partial charge is 0.307 e. The van der Waals surface area contributed by atoms with Crippen LogP contribution in [0, 0.1) is 12.7 Å². The van der Waals surface area contributed by atoms with Crippen LogP contribution in [0.5, 0.6) is 5.75 Å². The molecule has 2 N–H and O–H groups in total. The number of nitrogens with two attached hydrogens (primary N) is 1. The van der Waals surface area contributed by atoms with Crippen LogP contribution in [0.25, 0.3) is 11.1 Å². The van der Waals surface area contributed by atoms with Gasteiger partial charge in [0.1, 0.15) is 18.2 Å². The normalized spacial score (nSPS) is 11.2. The molecule has 2 aromatic rings. The molecule has 0 spiro atoms. The molecule has 0 radical (unpaired) electrons. The Morgan fingerprint density at radius 2 is 2.08 bits per heavy atom. The maximum Gasteiger partial charge on any atom is 0.307 e. The minimum atomic E-state index is -0.481. The Hall–Kier alpha value is -2.37. The van der Waals surface area contributed by atoms with E-state index in [1.807, 2.05) is 31.2 Å². The van der Waals surface area contributed by atoms with Gasteiger partial charge in [-0.2, -0.15) is 0 Å². The van der Waals surface area contributed by atoms with Gasteiger partial charge in [-0.05, 0) is 35.7 Å². The van der Waals surface area contributed by atoms with Crippen LogP contribution in [-0.4, -0.2) is 19.7 Å². The molecule has 2 aromatic carbocycles. The molecule has 0 aromatic heterocycles. The van der Waals surface area contributed by atoms with Crippen molar-refractivity contribution in [3.05, 3.63) is 66.0 Å². The van der Waals surface area contributed by atoms with Gasteiger partial charge in [0.05, 0.1) is 13.5 Å². The molecule has 0 aliphatic rings. The Balaban J connectivity index is 0.00000338. The van der Waals surface area contributed by atoms with E-state index in [1.165, 1.54) is 19.2 Å². The van der Waals surface area contributed by atoms with E-state index in [1.54, 1.807) is 6.08 Å². The Bertz CT molecular complexity index is 780. The van der Waals surface area contributed by atoms with E-state index < -0.39 is 6.04 Å². The largest absolute Gasteiger partial charge is 0.489 e. The molecule has 0 unspecified atom stereocenters. The van der Waals surface area contributed by atoms with Crippen LogP contribution in [0.1, 0.15) is 23.6 Å². The lowest BCUT2D eigenvalue weighted by Gasteiger charge is -2.16. The second-order valence-corrected chi connectivity index (χ2v) is 5.71. The van der Waals surface area contributed by atoms with Crippen LogP contribution < -0.4 is 10.5 Å². The number of hydrogen-bond acceptors (Lipinski definition) is 4. The third-order valence-electron chi connectivity index (χ3n) is 3.84. The van der Waals surface area contributed by atoms with Crippen LogP contribution in [0.3, 0.4) is 0 Å². The topological polar surface area (TPSA) is 61.5 Å². The molecule has 0 amide bonds. The molecule has 1 atom stereocenters. The van der Waals surface area contributed by atoms with Crippen molar-refractivity contribution in [1.29, 1.82) is 0 Å². The van der Waals surface area contributed by atoms with Crippen LogP contribution in [0.2, 0.25) is 0 Å². The number of hydrogen-bond donors (Lipinski definition) is 1. The van der Waals surface area contributed by atoms with Gasteiger partial charge in [-0.3, -0.25) is 4.79 Å². The number of esters is 1. The van der Waals surface area contributed by atoms with Gasteiger partial charge in [-0.25, -0.2) is 4.39 Å². The second kappa shape index (κ2) is 9.94. The zero-order valence-electron chi connectivity index (χ0n) is 14.8. The molecule has 0 heterocycles. The summed E-state index contributed by atoms with van der Waals surface area (Å²) in [6.07, 6.45) is 1.69. The number of benzene rings is 2. The Labute approximate surface area is 159 Å². The summed E-state index contributed by atoms with van der Waals surface area (Å²) in [6, 6.07) is 9.81. The van der Waals surface area contributed by atoms with Crippen molar-refractivity contribution < 1.29 is 18.7 Å². The van der Waals surface area contributed by atoms with Gasteiger partial charge < -0.3 is 15.2 Å². The highest BCUT2D eigenvalue weighted by Crippen LogP contribution is 2.35. The molecule has 0 fully saturated rings. The lowest BCUT2D eigenvalue weighted by atomic mass is 9.95. The number of rotatable bonds is 7. The number of carbonyl (C=O) groups is 1. The molecule has 140 valence electrons. The van der Waals surface area contributed by atoms with Gasteiger partial charge in [-0.15, -0.1) is 12.4 Å². The van der Waals surface area contributed by atoms with Gasteiger partial charge in [-0.1, -0.05) is 30.9 Å². The minimum Gasteiger partial charge on any atom is -0.489 e. The fourth-order valence-corrected chi connectivity index (χ4v) is 2.65. The lowest BCUT2D eigenvalue weighted by Crippen LogP contribution is -2.16. The number of ether oxygens (including phenoxy) is 2. The molecular formula is C20H23ClFNO3. The molecule has 0 saturated carbocycles. The molecule has 0 saturated heterocycles. The molecule has 2 rings (SSSR count). The first kappa shape index (κ1) is 21.7. The molecular weight excluding hydrogens is 357 g/mol. The minimum absolute atomic E-state index is 0.